The number of hydrogen-bond donors (Lipinski definition) is 0. The smallest absolute Gasteiger partial charge is 0.310 e. The van der Waals surface area contributed by atoms with Gasteiger partial charge in [-0.15, -0.1) is 0 Å². The molecule has 0 spiro atoms. The monoisotopic (exact) mass is 317 g/mol. The fourth-order valence-electron chi connectivity index (χ4n) is 5.88. The maximum absolute atomic E-state index is 12.5. The third-order valence-corrected chi connectivity index (χ3v) is 7.22. The van der Waals surface area contributed by atoms with Gasteiger partial charge in [0.15, 0.2) is 0 Å². The molecule has 2 aliphatic heterocycles. The third-order valence-electron chi connectivity index (χ3n) is 7.22. The first-order chi connectivity index (χ1) is 11.1. The topological polar surface area (TPSA) is 29.5 Å². The highest BCUT2D eigenvalue weighted by molar-refractivity contribution is 5.75. The van der Waals surface area contributed by atoms with Crippen molar-refractivity contribution in [2.75, 3.05) is 19.6 Å². The van der Waals surface area contributed by atoms with E-state index in [-0.39, 0.29) is 18.0 Å². The Labute approximate surface area is 140 Å². The van der Waals surface area contributed by atoms with Gasteiger partial charge < -0.3 is 9.64 Å². The van der Waals surface area contributed by atoms with Crippen molar-refractivity contribution >= 4 is 5.97 Å². The van der Waals surface area contributed by atoms with Crippen molar-refractivity contribution in [1.82, 2.24) is 4.90 Å². The van der Waals surface area contributed by atoms with E-state index < -0.39 is 0 Å². The van der Waals surface area contributed by atoms with Crippen LogP contribution in [0, 0.1) is 23.2 Å². The molecule has 0 aromatic rings. The SMILES string of the molecule is C=C1CCCC2(C)CC3OC(=O)C(CN4CCCCC4)C3CC12. The molecule has 5 unspecified atom stereocenters. The molecule has 4 fully saturated rings. The average Bonchev–Trinajstić information content (AvgIpc) is 2.81. The van der Waals surface area contributed by atoms with Gasteiger partial charge in [-0.2, -0.15) is 0 Å². The Hall–Kier alpha value is -0.830. The maximum atomic E-state index is 12.5. The fraction of sp³-hybridized carbons (Fsp3) is 0.850. The van der Waals surface area contributed by atoms with Crippen LogP contribution in [0.15, 0.2) is 12.2 Å². The molecule has 2 saturated carbocycles. The minimum atomic E-state index is 0.0819. The Morgan fingerprint density at radius 3 is 2.83 bits per heavy atom. The van der Waals surface area contributed by atoms with E-state index in [1.165, 1.54) is 44.1 Å². The molecule has 3 nitrogen and oxygen atoms in total. The molecule has 0 bridgehead atoms. The Kier molecular flexibility index (Phi) is 4.03. The molecule has 0 N–H and O–H groups in total. The molecule has 0 radical (unpaired) electrons. The quantitative estimate of drug-likeness (QED) is 0.573. The van der Waals surface area contributed by atoms with Gasteiger partial charge in [0.25, 0.3) is 0 Å². The fourth-order valence-corrected chi connectivity index (χ4v) is 5.88. The van der Waals surface area contributed by atoms with E-state index in [0.29, 0.717) is 17.3 Å². The van der Waals surface area contributed by atoms with Crippen molar-refractivity contribution in [2.45, 2.75) is 64.4 Å². The number of likely N-dealkylation sites (tertiary alicyclic amines) is 1. The van der Waals surface area contributed by atoms with Crippen LogP contribution in [-0.2, 0) is 9.53 Å². The summed E-state index contributed by atoms with van der Waals surface area (Å²) in [6.45, 7) is 10.0. The number of esters is 1. The lowest BCUT2D eigenvalue weighted by Gasteiger charge is -2.50. The molecule has 128 valence electrons. The molecule has 4 aliphatic rings. The number of hydrogen-bond acceptors (Lipinski definition) is 3. The Morgan fingerprint density at radius 2 is 2.04 bits per heavy atom. The van der Waals surface area contributed by atoms with E-state index >= 15 is 0 Å². The number of fused-ring (bicyclic) bond motifs is 2. The molecule has 2 heterocycles. The van der Waals surface area contributed by atoms with Gasteiger partial charge in [-0.3, -0.25) is 4.79 Å². The lowest BCUT2D eigenvalue weighted by Crippen LogP contribution is -2.46. The standard InChI is InChI=1S/C20H31NO2/c1-14-7-6-8-20(2)12-18-15(11-17(14)20)16(19(22)23-18)13-21-9-4-3-5-10-21/h15-18H,1,3-13H2,2H3. The van der Waals surface area contributed by atoms with Crippen LogP contribution in [0.4, 0.5) is 0 Å². The van der Waals surface area contributed by atoms with E-state index in [0.717, 1.165) is 32.5 Å². The molecule has 23 heavy (non-hydrogen) atoms. The molecule has 0 aromatic carbocycles. The molecule has 3 heteroatoms. The van der Waals surface area contributed by atoms with Crippen molar-refractivity contribution in [3.8, 4) is 0 Å². The van der Waals surface area contributed by atoms with Gasteiger partial charge in [-0.1, -0.05) is 25.5 Å². The summed E-state index contributed by atoms with van der Waals surface area (Å²) in [6.07, 6.45) is 9.99. The summed E-state index contributed by atoms with van der Waals surface area (Å²) >= 11 is 0. The molecule has 0 aromatic heterocycles. The Bertz CT molecular complexity index is 496. The maximum Gasteiger partial charge on any atom is 0.310 e. The van der Waals surface area contributed by atoms with Gasteiger partial charge in [0.05, 0.1) is 5.92 Å². The van der Waals surface area contributed by atoms with Crippen LogP contribution >= 0.6 is 0 Å². The molecular formula is C20H31NO2. The Balaban J connectivity index is 1.50. The van der Waals surface area contributed by atoms with Gasteiger partial charge in [0.2, 0.25) is 0 Å². The number of carbonyl (C=O) groups is 1. The molecular weight excluding hydrogens is 286 g/mol. The summed E-state index contributed by atoms with van der Waals surface area (Å²) in [5.41, 5.74) is 1.75. The van der Waals surface area contributed by atoms with Crippen molar-refractivity contribution in [3.63, 3.8) is 0 Å². The molecule has 2 saturated heterocycles. The first-order valence-electron chi connectivity index (χ1n) is 9.67. The lowest BCUT2D eigenvalue weighted by atomic mass is 9.55. The second-order valence-corrected chi connectivity index (χ2v) is 8.77. The van der Waals surface area contributed by atoms with Crippen molar-refractivity contribution in [1.29, 1.82) is 0 Å². The summed E-state index contributed by atoms with van der Waals surface area (Å²) < 4.78 is 5.87. The number of ether oxygens (including phenoxy) is 1. The number of rotatable bonds is 2. The number of allylic oxidation sites excluding steroid dienone is 1. The van der Waals surface area contributed by atoms with Crippen LogP contribution in [0.1, 0.15) is 58.3 Å². The summed E-state index contributed by atoms with van der Waals surface area (Å²) in [7, 11) is 0. The molecule has 5 atom stereocenters. The largest absolute Gasteiger partial charge is 0.462 e. The van der Waals surface area contributed by atoms with E-state index in [1.807, 2.05) is 0 Å². The zero-order chi connectivity index (χ0) is 16.0. The van der Waals surface area contributed by atoms with E-state index in [9.17, 15) is 4.79 Å². The van der Waals surface area contributed by atoms with Crippen LogP contribution in [0.2, 0.25) is 0 Å². The summed E-state index contributed by atoms with van der Waals surface area (Å²) in [4.78, 5) is 15.0. The zero-order valence-corrected chi connectivity index (χ0v) is 14.6. The first kappa shape index (κ1) is 15.7. The average molecular weight is 317 g/mol. The van der Waals surface area contributed by atoms with Crippen LogP contribution < -0.4 is 0 Å². The minimum Gasteiger partial charge on any atom is -0.462 e. The highest BCUT2D eigenvalue weighted by Crippen LogP contribution is 2.56. The lowest BCUT2D eigenvalue weighted by molar-refractivity contribution is -0.146. The van der Waals surface area contributed by atoms with Crippen LogP contribution in [0.25, 0.3) is 0 Å². The van der Waals surface area contributed by atoms with Crippen LogP contribution in [0.5, 0.6) is 0 Å². The normalized spacial score (nSPS) is 44.6. The van der Waals surface area contributed by atoms with Crippen molar-refractivity contribution in [2.24, 2.45) is 23.2 Å². The summed E-state index contributed by atoms with van der Waals surface area (Å²) in [5.74, 6) is 1.23. The Morgan fingerprint density at radius 1 is 1.26 bits per heavy atom. The van der Waals surface area contributed by atoms with Crippen molar-refractivity contribution < 1.29 is 9.53 Å². The number of carbonyl (C=O) groups excluding carboxylic acids is 1. The van der Waals surface area contributed by atoms with E-state index in [1.54, 1.807) is 0 Å². The first-order valence-corrected chi connectivity index (χ1v) is 9.67. The summed E-state index contributed by atoms with van der Waals surface area (Å²) in [5, 5.41) is 0. The second-order valence-electron chi connectivity index (χ2n) is 8.77. The third kappa shape index (κ3) is 2.75. The van der Waals surface area contributed by atoms with Gasteiger partial charge in [-0.25, -0.2) is 0 Å². The molecule has 0 amide bonds. The van der Waals surface area contributed by atoms with Gasteiger partial charge in [0.1, 0.15) is 6.10 Å². The predicted octanol–water partition coefficient (Wildman–Crippen LogP) is 3.79. The van der Waals surface area contributed by atoms with E-state index in [4.69, 9.17) is 4.74 Å². The zero-order valence-electron chi connectivity index (χ0n) is 14.6. The summed E-state index contributed by atoms with van der Waals surface area (Å²) in [6, 6.07) is 0. The van der Waals surface area contributed by atoms with Crippen LogP contribution in [0.3, 0.4) is 0 Å². The number of nitrogens with zero attached hydrogens (tertiary/aromatic N) is 1. The highest BCUT2D eigenvalue weighted by Gasteiger charge is 2.55. The minimum absolute atomic E-state index is 0.0819. The van der Waals surface area contributed by atoms with Gasteiger partial charge >= 0.3 is 5.97 Å². The highest BCUT2D eigenvalue weighted by atomic mass is 16.6. The van der Waals surface area contributed by atoms with Gasteiger partial charge in [-0.05, 0) is 69.4 Å². The van der Waals surface area contributed by atoms with Crippen molar-refractivity contribution in [3.05, 3.63) is 12.2 Å². The predicted molar refractivity (Wildman–Crippen MR) is 91.0 cm³/mol. The molecule has 4 rings (SSSR count). The van der Waals surface area contributed by atoms with E-state index in [2.05, 4.69) is 18.4 Å². The van der Waals surface area contributed by atoms with Gasteiger partial charge in [0, 0.05) is 12.5 Å². The number of piperidine rings is 1. The second kappa shape index (κ2) is 5.91. The van der Waals surface area contributed by atoms with Crippen LogP contribution in [-0.4, -0.2) is 36.6 Å². The molecule has 2 aliphatic carbocycles.